The molecule has 1 N–H and O–H groups in total. The second-order valence-electron chi connectivity index (χ2n) is 2.89. The highest BCUT2D eigenvalue weighted by Crippen LogP contribution is 2.11. The van der Waals surface area contributed by atoms with Gasteiger partial charge in [-0.05, 0) is 6.92 Å². The fourth-order valence-electron chi connectivity index (χ4n) is 1.09. The van der Waals surface area contributed by atoms with Gasteiger partial charge in [-0.1, -0.05) is 11.6 Å². The van der Waals surface area contributed by atoms with Gasteiger partial charge < -0.3 is 10.2 Å². The molecule has 0 radical (unpaired) electrons. The fourth-order valence-corrected chi connectivity index (χ4v) is 1.24. The summed E-state index contributed by atoms with van der Waals surface area (Å²) in [5.74, 6) is 0.534. The van der Waals surface area contributed by atoms with E-state index >= 15 is 0 Å². The van der Waals surface area contributed by atoms with Crippen LogP contribution in [-0.2, 0) is 4.79 Å². The van der Waals surface area contributed by atoms with Crippen molar-refractivity contribution in [3.63, 3.8) is 0 Å². The Hall–Kier alpha value is -1.36. The number of nitrogens with zero attached hydrogens (tertiary/aromatic N) is 3. The van der Waals surface area contributed by atoms with Crippen molar-refractivity contribution in [1.29, 1.82) is 0 Å². The van der Waals surface area contributed by atoms with E-state index in [2.05, 4.69) is 15.3 Å². The number of carbonyl (C=O) groups is 1. The minimum absolute atomic E-state index is 0.0707. The van der Waals surface area contributed by atoms with Crippen molar-refractivity contribution in [1.82, 2.24) is 15.3 Å². The standard InChI is InChI=1S/C9H13ClN4O/c1-3-14(6-9(15)11-2)8-5-12-4-7(10)13-8/h4-5H,3,6H2,1-2H3,(H,11,15). The van der Waals surface area contributed by atoms with Crippen LogP contribution in [0.2, 0.25) is 5.15 Å². The van der Waals surface area contributed by atoms with E-state index in [1.54, 1.807) is 18.1 Å². The number of aromatic nitrogens is 2. The number of rotatable bonds is 4. The van der Waals surface area contributed by atoms with Gasteiger partial charge in [0.05, 0.1) is 18.9 Å². The Balaban J connectivity index is 2.78. The molecule has 5 nitrogen and oxygen atoms in total. The van der Waals surface area contributed by atoms with E-state index in [9.17, 15) is 4.79 Å². The van der Waals surface area contributed by atoms with E-state index in [1.165, 1.54) is 6.20 Å². The van der Waals surface area contributed by atoms with Gasteiger partial charge in [0, 0.05) is 13.6 Å². The highest BCUT2D eigenvalue weighted by atomic mass is 35.5. The van der Waals surface area contributed by atoms with Crippen molar-refractivity contribution < 1.29 is 4.79 Å². The zero-order valence-corrected chi connectivity index (χ0v) is 9.45. The first kappa shape index (κ1) is 11.7. The van der Waals surface area contributed by atoms with Crippen LogP contribution in [0.3, 0.4) is 0 Å². The van der Waals surface area contributed by atoms with Crippen molar-refractivity contribution in [2.24, 2.45) is 0 Å². The Bertz CT molecular complexity index is 345. The summed E-state index contributed by atoms with van der Waals surface area (Å²) in [5.41, 5.74) is 0. The number of nitrogens with one attached hydrogen (secondary N) is 1. The van der Waals surface area contributed by atoms with Crippen LogP contribution in [0.1, 0.15) is 6.92 Å². The number of hydrogen-bond acceptors (Lipinski definition) is 4. The predicted molar refractivity (Wildman–Crippen MR) is 59.0 cm³/mol. The normalized spacial score (nSPS) is 9.80. The van der Waals surface area contributed by atoms with Crippen LogP contribution in [0.15, 0.2) is 12.4 Å². The molecule has 0 spiro atoms. The van der Waals surface area contributed by atoms with E-state index in [1.807, 2.05) is 6.92 Å². The number of amides is 1. The summed E-state index contributed by atoms with van der Waals surface area (Å²) in [6, 6.07) is 0. The van der Waals surface area contributed by atoms with Gasteiger partial charge in [0.25, 0.3) is 0 Å². The molecule has 0 saturated heterocycles. The van der Waals surface area contributed by atoms with Gasteiger partial charge in [-0.3, -0.25) is 9.78 Å². The molecule has 0 fully saturated rings. The van der Waals surface area contributed by atoms with Gasteiger partial charge in [0.2, 0.25) is 5.91 Å². The lowest BCUT2D eigenvalue weighted by Crippen LogP contribution is -2.36. The first-order valence-corrected chi connectivity index (χ1v) is 4.98. The lowest BCUT2D eigenvalue weighted by molar-refractivity contribution is -0.119. The van der Waals surface area contributed by atoms with Crippen molar-refractivity contribution in [3.05, 3.63) is 17.5 Å². The lowest BCUT2D eigenvalue weighted by atomic mass is 10.4. The summed E-state index contributed by atoms with van der Waals surface area (Å²) in [6.07, 6.45) is 3.04. The van der Waals surface area contributed by atoms with Crippen LogP contribution in [0.25, 0.3) is 0 Å². The summed E-state index contributed by atoms with van der Waals surface area (Å²) in [5, 5.41) is 2.87. The zero-order valence-electron chi connectivity index (χ0n) is 8.70. The highest BCUT2D eigenvalue weighted by molar-refractivity contribution is 6.29. The molecule has 0 bridgehead atoms. The Morgan fingerprint density at radius 3 is 2.87 bits per heavy atom. The molecule has 0 aromatic carbocycles. The molecule has 0 aliphatic rings. The number of hydrogen-bond donors (Lipinski definition) is 1. The average Bonchev–Trinajstić information content (AvgIpc) is 2.25. The summed E-state index contributed by atoms with van der Waals surface area (Å²) in [6.45, 7) is 2.86. The maximum Gasteiger partial charge on any atom is 0.239 e. The van der Waals surface area contributed by atoms with Gasteiger partial charge in [0.1, 0.15) is 11.0 Å². The molecule has 0 saturated carbocycles. The SMILES string of the molecule is CCN(CC(=O)NC)c1cncc(Cl)n1. The molecule has 6 heteroatoms. The maximum absolute atomic E-state index is 11.2. The van der Waals surface area contributed by atoms with E-state index in [4.69, 9.17) is 11.6 Å². The molecule has 1 amide bonds. The van der Waals surface area contributed by atoms with Crippen molar-refractivity contribution >= 4 is 23.3 Å². The third kappa shape index (κ3) is 3.36. The van der Waals surface area contributed by atoms with E-state index in [-0.39, 0.29) is 12.5 Å². The van der Waals surface area contributed by atoms with E-state index in [0.29, 0.717) is 17.5 Å². The first-order valence-electron chi connectivity index (χ1n) is 4.60. The summed E-state index contributed by atoms with van der Waals surface area (Å²) >= 11 is 5.72. The predicted octanol–water partition coefficient (Wildman–Crippen LogP) is 0.702. The monoisotopic (exact) mass is 228 g/mol. The second-order valence-corrected chi connectivity index (χ2v) is 3.27. The van der Waals surface area contributed by atoms with Crippen molar-refractivity contribution in [3.8, 4) is 0 Å². The van der Waals surface area contributed by atoms with Crippen LogP contribution in [0.4, 0.5) is 5.82 Å². The largest absolute Gasteiger partial charge is 0.358 e. The molecule has 1 rings (SSSR count). The van der Waals surface area contributed by atoms with Crippen LogP contribution in [-0.4, -0.2) is 36.0 Å². The summed E-state index contributed by atoms with van der Waals surface area (Å²) in [4.78, 5) is 21.0. The van der Waals surface area contributed by atoms with Gasteiger partial charge in [-0.2, -0.15) is 0 Å². The molecule has 82 valence electrons. The van der Waals surface area contributed by atoms with Crippen LogP contribution >= 0.6 is 11.6 Å². The first-order chi connectivity index (χ1) is 7.17. The van der Waals surface area contributed by atoms with E-state index < -0.39 is 0 Å². The van der Waals surface area contributed by atoms with Gasteiger partial charge >= 0.3 is 0 Å². The molecule has 0 aliphatic heterocycles. The number of anilines is 1. The Kier molecular flexibility index (Phi) is 4.30. The maximum atomic E-state index is 11.2. The third-order valence-electron chi connectivity index (χ3n) is 1.91. The molecule has 1 aromatic rings. The molecular formula is C9H13ClN4O. The quantitative estimate of drug-likeness (QED) is 0.825. The van der Waals surface area contributed by atoms with Gasteiger partial charge in [-0.25, -0.2) is 4.98 Å². The van der Waals surface area contributed by atoms with Crippen LogP contribution < -0.4 is 10.2 Å². The fraction of sp³-hybridized carbons (Fsp3) is 0.444. The Morgan fingerprint density at radius 1 is 1.60 bits per heavy atom. The Morgan fingerprint density at radius 2 is 2.33 bits per heavy atom. The molecular weight excluding hydrogens is 216 g/mol. The second kappa shape index (κ2) is 5.50. The average molecular weight is 229 g/mol. The number of halogens is 1. The molecule has 1 aromatic heterocycles. The van der Waals surface area contributed by atoms with Crippen molar-refractivity contribution in [2.45, 2.75) is 6.92 Å². The number of carbonyl (C=O) groups excluding carboxylic acids is 1. The van der Waals surface area contributed by atoms with Gasteiger partial charge in [0.15, 0.2) is 0 Å². The van der Waals surface area contributed by atoms with Gasteiger partial charge in [-0.15, -0.1) is 0 Å². The van der Waals surface area contributed by atoms with E-state index in [0.717, 1.165) is 0 Å². The summed E-state index contributed by atoms with van der Waals surface area (Å²) < 4.78 is 0. The summed E-state index contributed by atoms with van der Waals surface area (Å²) in [7, 11) is 1.60. The van der Waals surface area contributed by atoms with Crippen LogP contribution in [0, 0.1) is 0 Å². The third-order valence-corrected chi connectivity index (χ3v) is 2.09. The topological polar surface area (TPSA) is 58.1 Å². The molecule has 1 heterocycles. The van der Waals surface area contributed by atoms with Crippen LogP contribution in [0.5, 0.6) is 0 Å². The number of likely N-dealkylation sites (N-methyl/N-ethyl adjacent to an activating group) is 2. The van der Waals surface area contributed by atoms with Crippen molar-refractivity contribution in [2.75, 3.05) is 25.0 Å². The minimum Gasteiger partial charge on any atom is -0.358 e. The zero-order chi connectivity index (χ0) is 11.3. The minimum atomic E-state index is -0.0707. The molecule has 0 unspecified atom stereocenters. The lowest BCUT2D eigenvalue weighted by Gasteiger charge is -2.20. The Labute approximate surface area is 93.5 Å². The molecule has 0 aliphatic carbocycles. The highest BCUT2D eigenvalue weighted by Gasteiger charge is 2.10. The smallest absolute Gasteiger partial charge is 0.239 e. The molecule has 15 heavy (non-hydrogen) atoms. The molecule has 0 atom stereocenters.